The van der Waals surface area contributed by atoms with Crippen LogP contribution in [0.5, 0.6) is 0 Å². The lowest BCUT2D eigenvalue weighted by Crippen LogP contribution is -2.13. The fourth-order valence-corrected chi connectivity index (χ4v) is 3.59. The molecule has 2 aromatic rings. The maximum atomic E-state index is 12.0. The number of aryl methyl sites for hydroxylation is 1. The van der Waals surface area contributed by atoms with Crippen molar-refractivity contribution in [3.05, 3.63) is 41.6 Å². The zero-order chi connectivity index (χ0) is 13.9. The SMILES string of the molecule is Cc1cc(CS(=O)(=O)CCCN)c2ccccc2n1. The van der Waals surface area contributed by atoms with E-state index in [0.29, 0.717) is 13.0 Å². The Bertz CT molecular complexity index is 681. The Morgan fingerprint density at radius 1 is 1.26 bits per heavy atom. The molecule has 0 aliphatic carbocycles. The molecule has 0 saturated heterocycles. The Morgan fingerprint density at radius 2 is 2.00 bits per heavy atom. The minimum absolute atomic E-state index is 0.0525. The summed E-state index contributed by atoms with van der Waals surface area (Å²) in [6.07, 6.45) is 0.504. The normalized spacial score (nSPS) is 11.9. The average molecular weight is 278 g/mol. The fraction of sp³-hybridized carbons (Fsp3) is 0.357. The number of pyridine rings is 1. The number of benzene rings is 1. The van der Waals surface area contributed by atoms with Crippen molar-refractivity contribution in [3.63, 3.8) is 0 Å². The highest BCUT2D eigenvalue weighted by Crippen LogP contribution is 2.20. The molecule has 1 aromatic heterocycles. The van der Waals surface area contributed by atoms with Crippen LogP contribution in [0, 0.1) is 6.92 Å². The van der Waals surface area contributed by atoms with Gasteiger partial charge in [0.05, 0.1) is 17.0 Å². The monoisotopic (exact) mass is 278 g/mol. The second-order valence-electron chi connectivity index (χ2n) is 4.67. The third-order valence-corrected chi connectivity index (χ3v) is 4.63. The molecule has 1 heterocycles. The van der Waals surface area contributed by atoms with Gasteiger partial charge in [-0.3, -0.25) is 4.98 Å². The number of nitrogens with two attached hydrogens (primary N) is 1. The van der Waals surface area contributed by atoms with Crippen LogP contribution < -0.4 is 5.73 Å². The van der Waals surface area contributed by atoms with E-state index < -0.39 is 9.84 Å². The van der Waals surface area contributed by atoms with Gasteiger partial charge in [0.25, 0.3) is 0 Å². The van der Waals surface area contributed by atoms with E-state index in [9.17, 15) is 8.42 Å². The minimum Gasteiger partial charge on any atom is -0.330 e. The molecule has 0 atom stereocenters. The van der Waals surface area contributed by atoms with E-state index in [1.54, 1.807) is 0 Å². The van der Waals surface area contributed by atoms with Crippen LogP contribution in [0.15, 0.2) is 30.3 Å². The Kier molecular flexibility index (Phi) is 4.17. The van der Waals surface area contributed by atoms with Crippen LogP contribution >= 0.6 is 0 Å². The third-order valence-electron chi connectivity index (χ3n) is 2.96. The van der Waals surface area contributed by atoms with Gasteiger partial charge in [-0.1, -0.05) is 18.2 Å². The van der Waals surface area contributed by atoms with Gasteiger partial charge in [0.15, 0.2) is 9.84 Å². The number of aromatic nitrogens is 1. The maximum Gasteiger partial charge on any atom is 0.154 e. The van der Waals surface area contributed by atoms with Crippen molar-refractivity contribution in [2.45, 2.75) is 19.1 Å². The van der Waals surface area contributed by atoms with Crippen molar-refractivity contribution in [2.24, 2.45) is 5.73 Å². The molecule has 0 amide bonds. The van der Waals surface area contributed by atoms with Crippen LogP contribution in [-0.2, 0) is 15.6 Å². The van der Waals surface area contributed by atoms with Gasteiger partial charge < -0.3 is 5.73 Å². The highest BCUT2D eigenvalue weighted by atomic mass is 32.2. The first-order valence-corrected chi connectivity index (χ1v) is 8.10. The standard InChI is InChI=1S/C14H18N2O2S/c1-11-9-12(10-19(17,18)8-4-7-15)13-5-2-3-6-14(13)16-11/h2-3,5-6,9H,4,7-8,10,15H2,1H3. The zero-order valence-corrected chi connectivity index (χ0v) is 11.8. The summed E-state index contributed by atoms with van der Waals surface area (Å²) in [4.78, 5) is 4.41. The van der Waals surface area contributed by atoms with E-state index in [1.165, 1.54) is 0 Å². The number of fused-ring (bicyclic) bond motifs is 1. The molecule has 2 N–H and O–H groups in total. The van der Waals surface area contributed by atoms with Crippen LogP contribution in [-0.4, -0.2) is 25.7 Å². The summed E-state index contributed by atoms with van der Waals surface area (Å²) in [5.74, 6) is 0.191. The van der Waals surface area contributed by atoms with Crippen molar-refractivity contribution in [2.75, 3.05) is 12.3 Å². The van der Waals surface area contributed by atoms with Crippen LogP contribution in [0.2, 0.25) is 0 Å². The quantitative estimate of drug-likeness (QED) is 0.905. The molecular formula is C14H18N2O2S. The second kappa shape index (κ2) is 5.67. The van der Waals surface area contributed by atoms with Crippen LogP contribution in [0.25, 0.3) is 10.9 Å². The molecule has 4 nitrogen and oxygen atoms in total. The zero-order valence-electron chi connectivity index (χ0n) is 11.0. The number of nitrogens with zero attached hydrogens (tertiary/aromatic N) is 1. The average Bonchev–Trinajstić information content (AvgIpc) is 2.36. The molecule has 0 aliphatic rings. The summed E-state index contributed by atoms with van der Waals surface area (Å²) in [6.45, 7) is 2.28. The van der Waals surface area contributed by atoms with Crippen molar-refractivity contribution in [3.8, 4) is 0 Å². The summed E-state index contributed by atoms with van der Waals surface area (Å²) in [5.41, 5.74) is 7.86. The number of hydrogen-bond acceptors (Lipinski definition) is 4. The van der Waals surface area contributed by atoms with Gasteiger partial charge in [-0.15, -0.1) is 0 Å². The van der Waals surface area contributed by atoms with Crippen molar-refractivity contribution < 1.29 is 8.42 Å². The molecule has 102 valence electrons. The van der Waals surface area contributed by atoms with E-state index >= 15 is 0 Å². The Labute approximate surface area is 113 Å². The van der Waals surface area contributed by atoms with Gasteiger partial charge in [0.2, 0.25) is 0 Å². The Morgan fingerprint density at radius 3 is 2.74 bits per heavy atom. The predicted octanol–water partition coefficient (Wildman–Crippen LogP) is 1.81. The fourth-order valence-electron chi connectivity index (χ4n) is 2.13. The van der Waals surface area contributed by atoms with Crippen molar-refractivity contribution in [1.29, 1.82) is 0 Å². The first-order chi connectivity index (χ1) is 9.02. The van der Waals surface area contributed by atoms with Crippen molar-refractivity contribution in [1.82, 2.24) is 4.98 Å². The molecule has 5 heteroatoms. The molecule has 0 bridgehead atoms. The number of rotatable bonds is 5. The lowest BCUT2D eigenvalue weighted by molar-refractivity contribution is 0.593. The van der Waals surface area contributed by atoms with E-state index in [0.717, 1.165) is 22.2 Å². The summed E-state index contributed by atoms with van der Waals surface area (Å²) < 4.78 is 24.1. The van der Waals surface area contributed by atoms with E-state index in [-0.39, 0.29) is 11.5 Å². The molecule has 1 aromatic carbocycles. The molecular weight excluding hydrogens is 260 g/mol. The molecule has 0 saturated carbocycles. The first-order valence-electron chi connectivity index (χ1n) is 6.27. The maximum absolute atomic E-state index is 12.0. The largest absolute Gasteiger partial charge is 0.330 e. The van der Waals surface area contributed by atoms with E-state index in [1.807, 2.05) is 37.3 Å². The predicted molar refractivity (Wildman–Crippen MR) is 77.6 cm³/mol. The molecule has 19 heavy (non-hydrogen) atoms. The topological polar surface area (TPSA) is 73.0 Å². The van der Waals surface area contributed by atoms with E-state index in [2.05, 4.69) is 4.98 Å². The smallest absolute Gasteiger partial charge is 0.154 e. The molecule has 2 rings (SSSR count). The summed E-state index contributed by atoms with van der Waals surface area (Å²) >= 11 is 0. The highest BCUT2D eigenvalue weighted by molar-refractivity contribution is 7.90. The number of hydrogen-bond donors (Lipinski definition) is 1. The van der Waals surface area contributed by atoms with E-state index in [4.69, 9.17) is 5.73 Å². The van der Waals surface area contributed by atoms with Crippen LogP contribution in [0.1, 0.15) is 17.7 Å². The van der Waals surface area contributed by atoms with Crippen LogP contribution in [0.3, 0.4) is 0 Å². The van der Waals surface area contributed by atoms with Crippen LogP contribution in [0.4, 0.5) is 0 Å². The molecule has 0 unspecified atom stereocenters. The molecule has 0 fully saturated rings. The summed E-state index contributed by atoms with van der Waals surface area (Å²) in [7, 11) is -3.11. The molecule has 0 spiro atoms. The van der Waals surface area contributed by atoms with Gasteiger partial charge in [-0.25, -0.2) is 8.42 Å². The molecule has 0 radical (unpaired) electrons. The number of para-hydroxylation sites is 1. The number of sulfone groups is 1. The summed E-state index contributed by atoms with van der Waals surface area (Å²) in [5, 5.41) is 0.907. The second-order valence-corrected chi connectivity index (χ2v) is 6.86. The lowest BCUT2D eigenvalue weighted by Gasteiger charge is -2.08. The van der Waals surface area contributed by atoms with Gasteiger partial charge in [0.1, 0.15) is 0 Å². The summed E-state index contributed by atoms with van der Waals surface area (Å²) in [6, 6.07) is 9.47. The van der Waals surface area contributed by atoms with Gasteiger partial charge in [-0.2, -0.15) is 0 Å². The lowest BCUT2D eigenvalue weighted by atomic mass is 10.1. The van der Waals surface area contributed by atoms with Gasteiger partial charge in [0, 0.05) is 11.1 Å². The molecule has 0 aliphatic heterocycles. The minimum atomic E-state index is -3.11. The van der Waals surface area contributed by atoms with Gasteiger partial charge >= 0.3 is 0 Å². The third kappa shape index (κ3) is 3.52. The highest BCUT2D eigenvalue weighted by Gasteiger charge is 2.14. The first kappa shape index (κ1) is 14.0. The Balaban J connectivity index is 2.40. The Hall–Kier alpha value is -1.46. The van der Waals surface area contributed by atoms with Gasteiger partial charge in [-0.05, 0) is 37.6 Å². The van der Waals surface area contributed by atoms with Crippen molar-refractivity contribution >= 4 is 20.7 Å².